The van der Waals surface area contributed by atoms with Gasteiger partial charge in [0.1, 0.15) is 0 Å². The maximum Gasteiger partial charge on any atom is 0.155 e. The maximum atomic E-state index is 11.9. The summed E-state index contributed by atoms with van der Waals surface area (Å²) in [6.45, 7) is 6.77. The zero-order valence-corrected chi connectivity index (χ0v) is 16.7. The monoisotopic (exact) mass is 404 g/mol. The quantitative estimate of drug-likeness (QED) is 0.631. The van der Waals surface area contributed by atoms with E-state index >= 15 is 0 Å². The Hall–Kier alpha value is -0.670. The van der Waals surface area contributed by atoms with Crippen LogP contribution in [0.25, 0.3) is 0 Å². The number of allylic oxidation sites excluding steroid dienone is 2. The van der Waals surface area contributed by atoms with Gasteiger partial charge in [-0.1, -0.05) is 40.6 Å². The van der Waals surface area contributed by atoms with Gasteiger partial charge in [0.25, 0.3) is 0 Å². The summed E-state index contributed by atoms with van der Waals surface area (Å²) in [5.41, 5.74) is 1.93. The van der Waals surface area contributed by atoms with E-state index < -0.39 is 5.60 Å². The fourth-order valence-electron chi connectivity index (χ4n) is 7.09. The molecule has 136 valence electrons. The van der Waals surface area contributed by atoms with Crippen LogP contribution in [-0.2, 0) is 4.79 Å². The molecule has 3 fully saturated rings. The highest BCUT2D eigenvalue weighted by atomic mass is 79.9. The third-order valence-electron chi connectivity index (χ3n) is 8.09. The van der Waals surface area contributed by atoms with Crippen molar-refractivity contribution in [2.75, 3.05) is 0 Å². The predicted molar refractivity (Wildman–Crippen MR) is 104 cm³/mol. The van der Waals surface area contributed by atoms with Crippen molar-refractivity contribution in [3.05, 3.63) is 34.9 Å². The Morgan fingerprint density at radius 3 is 2.88 bits per heavy atom. The highest BCUT2D eigenvalue weighted by Gasteiger charge is 2.63. The number of aliphatic hydroxyl groups is 1. The molecule has 25 heavy (non-hydrogen) atoms. The van der Waals surface area contributed by atoms with E-state index in [2.05, 4.69) is 29.4 Å². The number of hydrogen-bond donors (Lipinski definition) is 1. The van der Waals surface area contributed by atoms with Crippen molar-refractivity contribution in [2.24, 2.45) is 29.1 Å². The minimum Gasteiger partial charge on any atom is -0.385 e. The fourth-order valence-corrected chi connectivity index (χ4v) is 7.52. The molecule has 0 aliphatic heterocycles. The SMILES string of the molecule is C=C1C[C@@]2(CC)[C@@H](CC[C@@]2(O)/C=C/Br)[C@@H]2CCC3=CC(=O)CC[C@@H]3[C@@H]12. The largest absolute Gasteiger partial charge is 0.385 e. The van der Waals surface area contributed by atoms with Gasteiger partial charge in [0.05, 0.1) is 5.60 Å². The van der Waals surface area contributed by atoms with E-state index in [1.165, 1.54) is 11.1 Å². The molecule has 4 rings (SSSR count). The lowest BCUT2D eigenvalue weighted by Crippen LogP contribution is -2.54. The Bertz CT molecular complexity index is 663. The van der Waals surface area contributed by atoms with Crippen LogP contribution in [0.4, 0.5) is 0 Å². The van der Waals surface area contributed by atoms with Gasteiger partial charge in [0, 0.05) is 11.8 Å². The molecule has 0 amide bonds. The molecule has 0 radical (unpaired) electrons. The van der Waals surface area contributed by atoms with Crippen LogP contribution in [-0.4, -0.2) is 16.5 Å². The summed E-state index contributed by atoms with van der Waals surface area (Å²) in [6, 6.07) is 0. The third-order valence-corrected chi connectivity index (χ3v) is 8.36. The standard InChI is InChI=1S/C22H29BrO2/c1-3-21-13-14(2)20-17-7-5-16(24)12-15(17)4-6-18(20)19(21)8-9-22(21,25)10-11-23/h10-12,17-20,25H,2-9,13H2,1H3/b11-10+/t17-,18-,19-,20+,21-,22+/m0/s1. The first-order valence-corrected chi connectivity index (χ1v) is 10.8. The van der Waals surface area contributed by atoms with Gasteiger partial charge < -0.3 is 5.11 Å². The van der Waals surface area contributed by atoms with Crippen LogP contribution in [0.5, 0.6) is 0 Å². The van der Waals surface area contributed by atoms with Gasteiger partial charge in [-0.05, 0) is 85.8 Å². The predicted octanol–water partition coefficient (Wildman–Crippen LogP) is 5.32. The first-order valence-electron chi connectivity index (χ1n) is 9.87. The highest BCUT2D eigenvalue weighted by Crippen LogP contribution is 2.67. The van der Waals surface area contributed by atoms with Gasteiger partial charge in [0.15, 0.2) is 5.78 Å². The van der Waals surface area contributed by atoms with Gasteiger partial charge in [0.2, 0.25) is 0 Å². The Kier molecular flexibility index (Phi) is 4.39. The molecule has 2 nitrogen and oxygen atoms in total. The number of rotatable bonds is 2. The minimum absolute atomic E-state index is 0.0682. The number of ketones is 1. The summed E-state index contributed by atoms with van der Waals surface area (Å²) in [4.78, 5) is 13.7. The summed E-state index contributed by atoms with van der Waals surface area (Å²) in [5.74, 6) is 2.55. The van der Waals surface area contributed by atoms with Crippen LogP contribution in [0.15, 0.2) is 34.9 Å². The van der Waals surface area contributed by atoms with Crippen molar-refractivity contribution < 1.29 is 9.90 Å². The van der Waals surface area contributed by atoms with Crippen molar-refractivity contribution in [3.8, 4) is 0 Å². The van der Waals surface area contributed by atoms with E-state index in [0.717, 1.165) is 44.9 Å². The molecule has 1 N–H and O–H groups in total. The average molecular weight is 405 g/mol. The highest BCUT2D eigenvalue weighted by molar-refractivity contribution is 9.11. The van der Waals surface area contributed by atoms with E-state index in [4.69, 9.17) is 0 Å². The number of carbonyl (C=O) groups is 1. The second kappa shape index (κ2) is 6.20. The molecule has 0 spiro atoms. The van der Waals surface area contributed by atoms with E-state index in [1.807, 2.05) is 17.1 Å². The first-order chi connectivity index (χ1) is 12.0. The van der Waals surface area contributed by atoms with Crippen LogP contribution in [0.2, 0.25) is 0 Å². The molecule has 0 aromatic rings. The molecule has 0 unspecified atom stereocenters. The van der Waals surface area contributed by atoms with E-state index in [9.17, 15) is 9.90 Å². The summed E-state index contributed by atoms with van der Waals surface area (Å²) < 4.78 is 0. The number of fused-ring (bicyclic) bond motifs is 5. The molecule has 0 bridgehead atoms. The Morgan fingerprint density at radius 1 is 1.36 bits per heavy atom. The Morgan fingerprint density at radius 2 is 2.16 bits per heavy atom. The van der Waals surface area contributed by atoms with Crippen molar-refractivity contribution >= 4 is 21.7 Å². The maximum absolute atomic E-state index is 11.9. The molecule has 3 saturated carbocycles. The molecule has 3 heteroatoms. The second-order valence-corrected chi connectivity index (χ2v) is 9.29. The molecular weight excluding hydrogens is 376 g/mol. The van der Waals surface area contributed by atoms with Crippen LogP contribution in [0.3, 0.4) is 0 Å². The molecule has 0 saturated heterocycles. The van der Waals surface area contributed by atoms with Crippen molar-refractivity contribution in [1.82, 2.24) is 0 Å². The molecule has 4 aliphatic carbocycles. The lowest BCUT2D eigenvalue weighted by molar-refractivity contribution is -0.116. The number of halogens is 1. The lowest BCUT2D eigenvalue weighted by atomic mass is 9.48. The van der Waals surface area contributed by atoms with Gasteiger partial charge in [-0.3, -0.25) is 4.79 Å². The minimum atomic E-state index is -0.720. The van der Waals surface area contributed by atoms with Gasteiger partial charge >= 0.3 is 0 Å². The van der Waals surface area contributed by atoms with Crippen LogP contribution in [0.1, 0.15) is 58.3 Å². The van der Waals surface area contributed by atoms with Gasteiger partial charge in [-0.15, -0.1) is 0 Å². The van der Waals surface area contributed by atoms with E-state index in [-0.39, 0.29) is 5.41 Å². The molecule has 4 aliphatic rings. The fraction of sp³-hybridized carbons (Fsp3) is 0.682. The summed E-state index contributed by atoms with van der Waals surface area (Å²) in [7, 11) is 0. The van der Waals surface area contributed by atoms with Crippen LogP contribution >= 0.6 is 15.9 Å². The Balaban J connectivity index is 1.73. The second-order valence-electron chi connectivity index (χ2n) is 8.77. The van der Waals surface area contributed by atoms with Crippen molar-refractivity contribution in [3.63, 3.8) is 0 Å². The lowest BCUT2D eigenvalue weighted by Gasteiger charge is -2.57. The zero-order chi connectivity index (χ0) is 17.8. The topological polar surface area (TPSA) is 37.3 Å². The third kappa shape index (κ3) is 2.41. The van der Waals surface area contributed by atoms with E-state index in [1.54, 1.807) is 0 Å². The van der Waals surface area contributed by atoms with Crippen molar-refractivity contribution in [2.45, 2.75) is 63.9 Å². The molecule has 6 atom stereocenters. The summed E-state index contributed by atoms with van der Waals surface area (Å²) in [5, 5.41) is 11.5. The normalized spacial score (nSPS) is 46.6. The van der Waals surface area contributed by atoms with Gasteiger partial charge in [-0.25, -0.2) is 0 Å². The van der Waals surface area contributed by atoms with E-state index in [0.29, 0.717) is 35.9 Å². The van der Waals surface area contributed by atoms with Crippen LogP contribution in [0, 0.1) is 29.1 Å². The molecular formula is C22H29BrO2. The number of carbonyl (C=O) groups excluding carboxylic acids is 1. The zero-order valence-electron chi connectivity index (χ0n) is 15.1. The van der Waals surface area contributed by atoms with Gasteiger partial charge in [-0.2, -0.15) is 0 Å². The average Bonchev–Trinajstić information content (AvgIpc) is 2.87. The number of hydrogen-bond acceptors (Lipinski definition) is 2. The first kappa shape index (κ1) is 17.7. The van der Waals surface area contributed by atoms with Crippen molar-refractivity contribution in [1.29, 1.82) is 0 Å². The summed E-state index contributed by atoms with van der Waals surface area (Å²) in [6.07, 6.45) is 11.7. The summed E-state index contributed by atoms with van der Waals surface area (Å²) >= 11 is 3.40. The van der Waals surface area contributed by atoms with Crippen LogP contribution < -0.4 is 0 Å². The molecule has 0 aromatic heterocycles. The molecule has 0 aromatic carbocycles. The molecule has 0 heterocycles. The Labute approximate surface area is 159 Å². The smallest absolute Gasteiger partial charge is 0.155 e.